The highest BCUT2D eigenvalue weighted by atomic mass is 35.5. The maximum Gasteiger partial charge on any atom is 0.0619 e. The summed E-state index contributed by atoms with van der Waals surface area (Å²) in [6.07, 6.45) is 2.49. The van der Waals surface area contributed by atoms with Crippen molar-refractivity contribution in [2.75, 3.05) is 13.2 Å². The summed E-state index contributed by atoms with van der Waals surface area (Å²) in [7, 11) is 0. The number of halogens is 1. The lowest BCUT2D eigenvalue weighted by molar-refractivity contribution is 0.0678. The molecule has 1 fully saturated rings. The first kappa shape index (κ1) is 11.2. The van der Waals surface area contributed by atoms with Gasteiger partial charge in [-0.15, -0.1) is 12.4 Å². The van der Waals surface area contributed by atoms with E-state index in [0.717, 1.165) is 13.2 Å². The van der Waals surface area contributed by atoms with Crippen molar-refractivity contribution in [1.82, 2.24) is 5.32 Å². The molecule has 1 rings (SSSR count). The second-order valence-corrected chi connectivity index (χ2v) is 3.24. The third-order valence-electron chi connectivity index (χ3n) is 1.73. The molecule has 68 valence electrons. The van der Waals surface area contributed by atoms with E-state index in [-0.39, 0.29) is 12.4 Å². The minimum atomic E-state index is 0. The maximum absolute atomic E-state index is 5.32. The third kappa shape index (κ3) is 4.62. The predicted molar refractivity (Wildman–Crippen MR) is 49.4 cm³/mol. The highest BCUT2D eigenvalue weighted by molar-refractivity contribution is 5.85. The van der Waals surface area contributed by atoms with Crippen molar-refractivity contribution in [3.8, 4) is 0 Å². The van der Waals surface area contributed by atoms with Gasteiger partial charge in [-0.05, 0) is 12.8 Å². The average molecular weight is 180 g/mol. The Kier molecular flexibility index (Phi) is 5.92. The van der Waals surface area contributed by atoms with Gasteiger partial charge in [-0.2, -0.15) is 0 Å². The molecule has 1 N–H and O–H groups in total. The second-order valence-electron chi connectivity index (χ2n) is 3.24. The standard InChI is InChI=1S/C8H17NO.ClH/c1-7(2)9-8-4-3-5-10-6-8;/h7-9H,3-6H2,1-2H3;1H. The molecule has 0 spiro atoms. The molecular formula is C8H18ClNO. The van der Waals surface area contributed by atoms with Crippen LogP contribution in [-0.4, -0.2) is 25.3 Å². The molecule has 1 aliphatic heterocycles. The monoisotopic (exact) mass is 179 g/mol. The lowest BCUT2D eigenvalue weighted by atomic mass is 10.1. The molecule has 11 heavy (non-hydrogen) atoms. The van der Waals surface area contributed by atoms with Crippen LogP contribution >= 0.6 is 12.4 Å². The number of rotatable bonds is 2. The van der Waals surface area contributed by atoms with E-state index in [0.29, 0.717) is 12.1 Å². The molecule has 1 heterocycles. The number of ether oxygens (including phenoxy) is 1. The van der Waals surface area contributed by atoms with Gasteiger partial charge < -0.3 is 10.1 Å². The van der Waals surface area contributed by atoms with Crippen LogP contribution in [0.5, 0.6) is 0 Å². The molecule has 0 aromatic rings. The molecule has 0 aromatic carbocycles. The summed E-state index contributed by atoms with van der Waals surface area (Å²) in [5.41, 5.74) is 0. The van der Waals surface area contributed by atoms with E-state index < -0.39 is 0 Å². The topological polar surface area (TPSA) is 21.3 Å². The summed E-state index contributed by atoms with van der Waals surface area (Å²) >= 11 is 0. The van der Waals surface area contributed by atoms with Crippen molar-refractivity contribution in [2.45, 2.75) is 38.8 Å². The van der Waals surface area contributed by atoms with Gasteiger partial charge in [0.05, 0.1) is 6.61 Å². The van der Waals surface area contributed by atoms with Crippen LogP contribution in [0.15, 0.2) is 0 Å². The summed E-state index contributed by atoms with van der Waals surface area (Å²) in [4.78, 5) is 0. The summed E-state index contributed by atoms with van der Waals surface area (Å²) in [6, 6.07) is 1.19. The molecule has 0 amide bonds. The van der Waals surface area contributed by atoms with Gasteiger partial charge >= 0.3 is 0 Å². The van der Waals surface area contributed by atoms with Crippen LogP contribution in [-0.2, 0) is 4.74 Å². The highest BCUT2D eigenvalue weighted by Gasteiger charge is 2.13. The molecule has 0 saturated carbocycles. The first-order chi connectivity index (χ1) is 4.79. The molecular weight excluding hydrogens is 162 g/mol. The van der Waals surface area contributed by atoms with Gasteiger partial charge in [0, 0.05) is 18.7 Å². The van der Waals surface area contributed by atoms with E-state index in [1.807, 2.05) is 0 Å². The van der Waals surface area contributed by atoms with Crippen molar-refractivity contribution in [3.63, 3.8) is 0 Å². The van der Waals surface area contributed by atoms with Gasteiger partial charge in [0.1, 0.15) is 0 Å². The molecule has 2 nitrogen and oxygen atoms in total. The molecule has 1 aliphatic rings. The Balaban J connectivity index is 0.000001000. The minimum Gasteiger partial charge on any atom is -0.380 e. The predicted octanol–water partition coefficient (Wildman–Crippen LogP) is 1.59. The SMILES string of the molecule is CC(C)NC1CCCOC1.Cl. The fourth-order valence-electron chi connectivity index (χ4n) is 1.34. The first-order valence-corrected chi connectivity index (χ1v) is 4.13. The van der Waals surface area contributed by atoms with Crippen molar-refractivity contribution >= 4 is 12.4 Å². The quantitative estimate of drug-likeness (QED) is 0.695. The molecule has 1 saturated heterocycles. The number of nitrogens with one attached hydrogen (secondary N) is 1. The molecule has 0 radical (unpaired) electrons. The maximum atomic E-state index is 5.32. The Morgan fingerprint density at radius 2 is 2.18 bits per heavy atom. The van der Waals surface area contributed by atoms with Crippen LogP contribution < -0.4 is 5.32 Å². The Bertz CT molecular complexity index is 92.1. The highest BCUT2D eigenvalue weighted by Crippen LogP contribution is 2.05. The molecule has 1 atom stereocenters. The van der Waals surface area contributed by atoms with Gasteiger partial charge in [-0.3, -0.25) is 0 Å². The number of hydrogen-bond acceptors (Lipinski definition) is 2. The van der Waals surface area contributed by atoms with Crippen LogP contribution in [0, 0.1) is 0 Å². The van der Waals surface area contributed by atoms with Crippen LogP contribution in [0.3, 0.4) is 0 Å². The Morgan fingerprint density at radius 3 is 2.64 bits per heavy atom. The van der Waals surface area contributed by atoms with E-state index in [1.54, 1.807) is 0 Å². The van der Waals surface area contributed by atoms with Gasteiger partial charge in [0.25, 0.3) is 0 Å². The van der Waals surface area contributed by atoms with Crippen molar-refractivity contribution in [3.05, 3.63) is 0 Å². The van der Waals surface area contributed by atoms with Crippen LogP contribution in [0.4, 0.5) is 0 Å². The van der Waals surface area contributed by atoms with Gasteiger partial charge in [-0.25, -0.2) is 0 Å². The average Bonchev–Trinajstić information content (AvgIpc) is 1.88. The zero-order valence-corrected chi connectivity index (χ0v) is 8.12. The van der Waals surface area contributed by atoms with E-state index in [2.05, 4.69) is 19.2 Å². The molecule has 0 aliphatic carbocycles. The molecule has 0 aromatic heterocycles. The normalized spacial score (nSPS) is 24.8. The largest absolute Gasteiger partial charge is 0.380 e. The van der Waals surface area contributed by atoms with Crippen LogP contribution in [0.25, 0.3) is 0 Å². The van der Waals surface area contributed by atoms with E-state index in [9.17, 15) is 0 Å². The van der Waals surface area contributed by atoms with Gasteiger partial charge in [0.2, 0.25) is 0 Å². The smallest absolute Gasteiger partial charge is 0.0619 e. The van der Waals surface area contributed by atoms with Crippen molar-refractivity contribution in [2.24, 2.45) is 0 Å². The van der Waals surface area contributed by atoms with Crippen LogP contribution in [0.1, 0.15) is 26.7 Å². The van der Waals surface area contributed by atoms with E-state index in [4.69, 9.17) is 4.74 Å². The zero-order valence-electron chi connectivity index (χ0n) is 7.30. The van der Waals surface area contributed by atoms with Crippen LogP contribution in [0.2, 0.25) is 0 Å². The first-order valence-electron chi connectivity index (χ1n) is 4.13. The number of hydrogen-bond donors (Lipinski definition) is 1. The summed E-state index contributed by atoms with van der Waals surface area (Å²) in [5, 5.41) is 3.46. The molecule has 1 unspecified atom stereocenters. The van der Waals surface area contributed by atoms with Crippen molar-refractivity contribution < 1.29 is 4.74 Å². The van der Waals surface area contributed by atoms with Crippen molar-refractivity contribution in [1.29, 1.82) is 0 Å². The van der Waals surface area contributed by atoms with Gasteiger partial charge in [-0.1, -0.05) is 13.8 Å². The minimum absolute atomic E-state index is 0. The molecule has 3 heteroatoms. The third-order valence-corrected chi connectivity index (χ3v) is 1.73. The van der Waals surface area contributed by atoms with E-state index in [1.165, 1.54) is 12.8 Å². The Labute approximate surface area is 75.1 Å². The Morgan fingerprint density at radius 1 is 1.45 bits per heavy atom. The zero-order chi connectivity index (χ0) is 7.40. The van der Waals surface area contributed by atoms with E-state index >= 15 is 0 Å². The lowest BCUT2D eigenvalue weighted by Gasteiger charge is -2.24. The summed E-state index contributed by atoms with van der Waals surface area (Å²) < 4.78 is 5.32. The fraction of sp³-hybridized carbons (Fsp3) is 1.00. The summed E-state index contributed by atoms with van der Waals surface area (Å²) in [6.45, 7) is 6.21. The molecule has 0 bridgehead atoms. The fourth-order valence-corrected chi connectivity index (χ4v) is 1.34. The Hall–Kier alpha value is 0.210. The second kappa shape index (κ2) is 5.81. The lowest BCUT2D eigenvalue weighted by Crippen LogP contribution is -2.40. The van der Waals surface area contributed by atoms with Gasteiger partial charge in [0.15, 0.2) is 0 Å². The summed E-state index contributed by atoms with van der Waals surface area (Å²) in [5.74, 6) is 0.